The van der Waals surface area contributed by atoms with Gasteiger partial charge in [0, 0.05) is 10.9 Å². The van der Waals surface area contributed by atoms with E-state index in [1.165, 1.54) is 24.8 Å². The van der Waals surface area contributed by atoms with Gasteiger partial charge in [-0.15, -0.1) is 0 Å². The van der Waals surface area contributed by atoms with Crippen molar-refractivity contribution in [1.29, 1.82) is 0 Å². The normalized spacial score (nSPS) is 15.8. The lowest BCUT2D eigenvalue weighted by Gasteiger charge is -2.30. The van der Waals surface area contributed by atoms with E-state index in [2.05, 4.69) is 75.5 Å². The fourth-order valence-electron chi connectivity index (χ4n) is 3.56. The Hall–Kier alpha value is -2.57. The van der Waals surface area contributed by atoms with Crippen LogP contribution < -0.4 is 0 Å². The predicted octanol–water partition coefficient (Wildman–Crippen LogP) is 3.87. The van der Waals surface area contributed by atoms with Crippen LogP contribution in [0.3, 0.4) is 0 Å². The Morgan fingerprint density at radius 2 is 1.92 bits per heavy atom. The first-order valence-corrected chi connectivity index (χ1v) is 9.05. The molecule has 0 spiro atoms. The SMILES string of the molecule is C(#Cc1ccc2cn[nH]c2c1)CN1CCC(Cc2ccccc2)CC1. The zero-order valence-electron chi connectivity index (χ0n) is 14.4. The molecule has 25 heavy (non-hydrogen) atoms. The number of H-pyrrole nitrogens is 1. The molecule has 0 radical (unpaired) electrons. The molecular formula is C22H23N3. The van der Waals surface area contributed by atoms with Crippen LogP contribution in [0.25, 0.3) is 10.9 Å². The summed E-state index contributed by atoms with van der Waals surface area (Å²) in [4.78, 5) is 2.48. The molecule has 1 aliphatic heterocycles. The molecule has 2 aromatic carbocycles. The molecular weight excluding hydrogens is 306 g/mol. The molecule has 1 N–H and O–H groups in total. The van der Waals surface area contributed by atoms with Gasteiger partial charge in [-0.3, -0.25) is 10.00 Å². The van der Waals surface area contributed by atoms with Gasteiger partial charge in [0.1, 0.15) is 0 Å². The number of fused-ring (bicyclic) bond motifs is 1. The van der Waals surface area contributed by atoms with Crippen molar-refractivity contribution in [2.24, 2.45) is 5.92 Å². The van der Waals surface area contributed by atoms with Crippen LogP contribution in [0, 0.1) is 17.8 Å². The van der Waals surface area contributed by atoms with E-state index in [-0.39, 0.29) is 0 Å². The number of likely N-dealkylation sites (tertiary alicyclic amines) is 1. The first kappa shape index (κ1) is 15.9. The van der Waals surface area contributed by atoms with Crippen molar-refractivity contribution in [3.8, 4) is 11.8 Å². The molecule has 4 rings (SSSR count). The minimum Gasteiger partial charge on any atom is -0.292 e. The molecule has 0 bridgehead atoms. The number of rotatable bonds is 3. The Kier molecular flexibility index (Phi) is 4.81. The van der Waals surface area contributed by atoms with E-state index in [1.807, 2.05) is 6.20 Å². The Morgan fingerprint density at radius 3 is 2.76 bits per heavy atom. The van der Waals surface area contributed by atoms with Crippen LogP contribution in [0.5, 0.6) is 0 Å². The van der Waals surface area contributed by atoms with Gasteiger partial charge in [-0.25, -0.2) is 0 Å². The Morgan fingerprint density at radius 1 is 1.08 bits per heavy atom. The Balaban J connectivity index is 1.27. The molecule has 0 saturated carbocycles. The molecule has 0 unspecified atom stereocenters. The first-order valence-electron chi connectivity index (χ1n) is 9.05. The molecule has 3 aromatic rings. The van der Waals surface area contributed by atoms with E-state index in [9.17, 15) is 0 Å². The maximum atomic E-state index is 4.05. The fourth-order valence-corrected chi connectivity index (χ4v) is 3.56. The highest BCUT2D eigenvalue weighted by Crippen LogP contribution is 2.21. The van der Waals surface area contributed by atoms with E-state index in [0.717, 1.165) is 42.0 Å². The van der Waals surface area contributed by atoms with Crippen LogP contribution in [-0.2, 0) is 6.42 Å². The molecule has 126 valence electrons. The van der Waals surface area contributed by atoms with Gasteiger partial charge >= 0.3 is 0 Å². The summed E-state index contributed by atoms with van der Waals surface area (Å²) in [6.07, 6.45) is 5.60. The summed E-state index contributed by atoms with van der Waals surface area (Å²) in [5.74, 6) is 7.43. The van der Waals surface area contributed by atoms with Gasteiger partial charge in [-0.05, 0) is 62.0 Å². The Bertz CT molecular complexity index is 878. The first-order chi connectivity index (χ1) is 12.4. The van der Waals surface area contributed by atoms with Gasteiger partial charge in [0.15, 0.2) is 0 Å². The zero-order valence-corrected chi connectivity index (χ0v) is 14.4. The number of piperidine rings is 1. The molecule has 2 heterocycles. The number of nitrogens with one attached hydrogen (secondary N) is 1. The van der Waals surface area contributed by atoms with Gasteiger partial charge in [0.2, 0.25) is 0 Å². The average molecular weight is 329 g/mol. The number of hydrogen-bond donors (Lipinski definition) is 1. The van der Waals surface area contributed by atoms with Crippen molar-refractivity contribution in [3.63, 3.8) is 0 Å². The van der Waals surface area contributed by atoms with Crippen molar-refractivity contribution < 1.29 is 0 Å². The van der Waals surface area contributed by atoms with Gasteiger partial charge in [-0.2, -0.15) is 5.10 Å². The van der Waals surface area contributed by atoms with Crippen LogP contribution in [0.4, 0.5) is 0 Å². The topological polar surface area (TPSA) is 31.9 Å². The van der Waals surface area contributed by atoms with Gasteiger partial charge < -0.3 is 0 Å². The number of hydrogen-bond acceptors (Lipinski definition) is 2. The third kappa shape index (κ3) is 4.10. The average Bonchev–Trinajstić information content (AvgIpc) is 3.12. The summed E-state index contributed by atoms with van der Waals surface area (Å²) in [6, 6.07) is 17.1. The third-order valence-electron chi connectivity index (χ3n) is 5.05. The van der Waals surface area contributed by atoms with Crippen molar-refractivity contribution in [2.75, 3.05) is 19.6 Å². The summed E-state index contributed by atoms with van der Waals surface area (Å²) in [6.45, 7) is 3.18. The third-order valence-corrected chi connectivity index (χ3v) is 5.05. The second-order valence-corrected chi connectivity index (χ2v) is 6.88. The lowest BCUT2D eigenvalue weighted by molar-refractivity contribution is 0.203. The van der Waals surface area contributed by atoms with Gasteiger partial charge in [0.05, 0.1) is 18.3 Å². The van der Waals surface area contributed by atoms with Crippen molar-refractivity contribution in [2.45, 2.75) is 19.3 Å². The lowest BCUT2D eigenvalue weighted by Crippen LogP contribution is -2.34. The standard InChI is InChI=1S/C22H23N3/c1-2-5-18(6-3-1)15-20-10-13-25(14-11-20)12-4-7-19-8-9-21-17-23-24-22(21)16-19/h1-3,5-6,8-9,16-17,20H,10-15H2,(H,23,24). The van der Waals surface area contributed by atoms with E-state index in [4.69, 9.17) is 0 Å². The predicted molar refractivity (Wildman–Crippen MR) is 102 cm³/mol. The molecule has 1 saturated heterocycles. The highest BCUT2D eigenvalue weighted by Gasteiger charge is 2.18. The monoisotopic (exact) mass is 329 g/mol. The molecule has 3 heteroatoms. The minimum absolute atomic E-state index is 0.814. The van der Waals surface area contributed by atoms with Crippen LogP contribution >= 0.6 is 0 Å². The van der Waals surface area contributed by atoms with E-state index in [1.54, 1.807) is 0 Å². The molecule has 0 atom stereocenters. The summed E-state index contributed by atoms with van der Waals surface area (Å²) in [5, 5.41) is 8.18. The molecule has 3 nitrogen and oxygen atoms in total. The number of benzene rings is 2. The zero-order chi connectivity index (χ0) is 16.9. The van der Waals surface area contributed by atoms with Gasteiger partial charge in [0.25, 0.3) is 0 Å². The summed E-state index contributed by atoms with van der Waals surface area (Å²) < 4.78 is 0. The number of aromatic nitrogens is 2. The largest absolute Gasteiger partial charge is 0.292 e. The second-order valence-electron chi connectivity index (χ2n) is 6.88. The van der Waals surface area contributed by atoms with E-state index >= 15 is 0 Å². The van der Waals surface area contributed by atoms with E-state index < -0.39 is 0 Å². The van der Waals surface area contributed by atoms with Crippen LogP contribution in [-0.4, -0.2) is 34.7 Å². The Labute approximate surface area is 149 Å². The lowest BCUT2D eigenvalue weighted by atomic mass is 9.90. The summed E-state index contributed by atoms with van der Waals surface area (Å²) in [7, 11) is 0. The molecule has 1 aliphatic rings. The smallest absolute Gasteiger partial charge is 0.0662 e. The molecule has 1 aromatic heterocycles. The highest BCUT2D eigenvalue weighted by molar-refractivity contribution is 5.79. The quantitative estimate of drug-likeness (QED) is 0.740. The van der Waals surface area contributed by atoms with Crippen LogP contribution in [0.15, 0.2) is 54.7 Å². The van der Waals surface area contributed by atoms with Crippen molar-refractivity contribution in [1.82, 2.24) is 15.1 Å². The van der Waals surface area contributed by atoms with Crippen molar-refractivity contribution >= 4 is 10.9 Å². The van der Waals surface area contributed by atoms with Crippen LogP contribution in [0.1, 0.15) is 24.0 Å². The number of nitrogens with zero attached hydrogens (tertiary/aromatic N) is 2. The summed E-state index contributed by atoms with van der Waals surface area (Å²) in [5.41, 5.74) is 3.57. The number of aromatic amines is 1. The maximum Gasteiger partial charge on any atom is 0.0662 e. The van der Waals surface area contributed by atoms with Crippen molar-refractivity contribution in [3.05, 3.63) is 65.9 Å². The second kappa shape index (κ2) is 7.55. The highest BCUT2D eigenvalue weighted by atomic mass is 15.1. The molecule has 0 aliphatic carbocycles. The molecule has 0 amide bonds. The molecule has 1 fully saturated rings. The van der Waals surface area contributed by atoms with E-state index in [0.29, 0.717) is 0 Å². The maximum absolute atomic E-state index is 4.05. The fraction of sp³-hybridized carbons (Fsp3) is 0.318. The van der Waals surface area contributed by atoms with Gasteiger partial charge in [-0.1, -0.05) is 42.2 Å². The summed E-state index contributed by atoms with van der Waals surface area (Å²) >= 11 is 0. The van der Waals surface area contributed by atoms with Crippen LogP contribution in [0.2, 0.25) is 0 Å². The minimum atomic E-state index is 0.814.